The molecule has 3 amide bonds. The molecule has 0 unspecified atom stereocenters. The maximum atomic E-state index is 12.4. The van der Waals surface area contributed by atoms with E-state index in [9.17, 15) is 14.4 Å². The molecular weight excluding hydrogens is 623 g/mol. The second-order valence-electron chi connectivity index (χ2n) is 13.2. The topological polar surface area (TPSA) is 128 Å². The van der Waals surface area contributed by atoms with Gasteiger partial charge in [0, 0.05) is 54.5 Å². The maximum absolute atomic E-state index is 12.4. The first kappa shape index (κ1) is 33.9. The fourth-order valence-electron chi connectivity index (χ4n) is 6.94. The number of thioether (sulfide) groups is 1. The fourth-order valence-corrected chi connectivity index (χ4v) is 8.49. The summed E-state index contributed by atoms with van der Waals surface area (Å²) < 4.78 is 0. The summed E-state index contributed by atoms with van der Waals surface area (Å²) in [4.78, 5) is 48.2. The molecule has 2 saturated heterocycles. The quantitative estimate of drug-likeness (QED) is 0.0717. The van der Waals surface area contributed by atoms with Crippen LogP contribution in [-0.4, -0.2) is 88.9 Å². The van der Waals surface area contributed by atoms with Gasteiger partial charge < -0.3 is 26.2 Å². The summed E-state index contributed by atoms with van der Waals surface area (Å²) in [5.41, 5.74) is 6.18. The third-order valence-electron chi connectivity index (χ3n) is 9.50. The molecule has 6 rings (SSSR count). The van der Waals surface area contributed by atoms with Crippen molar-refractivity contribution >= 4 is 35.3 Å². The molecule has 254 valence electrons. The van der Waals surface area contributed by atoms with Crippen molar-refractivity contribution in [2.75, 3.05) is 44.3 Å². The molecule has 3 aliphatic rings. The van der Waals surface area contributed by atoms with E-state index in [1.807, 2.05) is 48.2 Å². The van der Waals surface area contributed by atoms with Gasteiger partial charge in [-0.1, -0.05) is 48.9 Å². The molecule has 0 saturated carbocycles. The third-order valence-corrected chi connectivity index (χ3v) is 11.0. The van der Waals surface area contributed by atoms with Crippen molar-refractivity contribution in [3.8, 4) is 11.1 Å². The highest BCUT2D eigenvalue weighted by atomic mass is 32.2. The second-order valence-corrected chi connectivity index (χ2v) is 14.5. The number of amides is 3. The van der Waals surface area contributed by atoms with Crippen molar-refractivity contribution < 1.29 is 14.4 Å². The van der Waals surface area contributed by atoms with Crippen LogP contribution in [0.15, 0.2) is 48.5 Å². The number of ketones is 1. The number of fused-ring (bicyclic) bond motifs is 4. The van der Waals surface area contributed by atoms with E-state index in [1.165, 1.54) is 5.56 Å². The molecule has 2 fully saturated rings. The molecule has 1 aromatic heterocycles. The highest BCUT2D eigenvalue weighted by molar-refractivity contribution is 8.00. The zero-order chi connectivity index (χ0) is 33.5. The number of rotatable bonds is 17. The van der Waals surface area contributed by atoms with Crippen molar-refractivity contribution in [1.82, 2.24) is 30.8 Å². The van der Waals surface area contributed by atoms with Gasteiger partial charge in [0.25, 0.3) is 0 Å². The Labute approximate surface area is 287 Å². The van der Waals surface area contributed by atoms with Crippen LogP contribution >= 0.6 is 11.8 Å². The van der Waals surface area contributed by atoms with E-state index in [-0.39, 0.29) is 29.8 Å². The number of carbonyl (C=O) groups is 3. The molecule has 2 aromatic carbocycles. The minimum absolute atomic E-state index is 0.0478. The first-order chi connectivity index (χ1) is 23.3. The molecule has 4 N–H and O–H groups in total. The summed E-state index contributed by atoms with van der Waals surface area (Å²) in [6, 6.07) is 16.7. The van der Waals surface area contributed by atoms with E-state index in [2.05, 4.69) is 45.3 Å². The van der Waals surface area contributed by atoms with Gasteiger partial charge in [0.05, 0.1) is 17.8 Å². The minimum atomic E-state index is -0.0478. The average Bonchev–Trinajstić information content (AvgIpc) is 3.75. The molecule has 3 atom stereocenters. The molecule has 3 heterocycles. The normalized spacial score (nSPS) is 19.0. The number of nitrogens with one attached hydrogen (secondary N) is 4. The Bertz CT molecular complexity index is 1620. The molecule has 11 heteroatoms. The average molecular weight is 670 g/mol. The number of benzene rings is 2. The number of anilines is 1. The van der Waals surface area contributed by atoms with Crippen LogP contribution in [0.5, 0.6) is 0 Å². The van der Waals surface area contributed by atoms with Gasteiger partial charge in [-0.3, -0.25) is 9.59 Å². The van der Waals surface area contributed by atoms with E-state index in [0.717, 1.165) is 97.1 Å². The molecule has 0 bridgehead atoms. The molecule has 0 spiro atoms. The Morgan fingerprint density at radius 2 is 1.81 bits per heavy atom. The number of aromatic nitrogens is 2. The lowest BCUT2D eigenvalue weighted by atomic mass is 10.0. The molecule has 2 aliphatic heterocycles. The van der Waals surface area contributed by atoms with E-state index in [4.69, 9.17) is 9.97 Å². The number of nitrogens with zero attached hydrogens (tertiary/aromatic N) is 3. The summed E-state index contributed by atoms with van der Waals surface area (Å²) in [6.45, 7) is 4.91. The van der Waals surface area contributed by atoms with Gasteiger partial charge in [0.2, 0.25) is 5.91 Å². The number of unbranched alkanes of at least 4 members (excludes halogenated alkanes) is 1. The zero-order valence-corrected chi connectivity index (χ0v) is 28.8. The van der Waals surface area contributed by atoms with Crippen LogP contribution in [0.25, 0.3) is 11.1 Å². The molecule has 10 nitrogen and oxygen atoms in total. The Hall–Kier alpha value is -3.96. The first-order valence-electron chi connectivity index (χ1n) is 17.3. The van der Waals surface area contributed by atoms with Crippen LogP contribution in [-0.2, 0) is 17.6 Å². The summed E-state index contributed by atoms with van der Waals surface area (Å²) in [6.07, 6.45) is 6.69. The molecule has 0 radical (unpaired) electrons. The monoisotopic (exact) mass is 669 g/mol. The van der Waals surface area contributed by atoms with Gasteiger partial charge in [0.15, 0.2) is 5.78 Å². The predicted molar refractivity (Wildman–Crippen MR) is 192 cm³/mol. The van der Waals surface area contributed by atoms with Gasteiger partial charge in [-0.05, 0) is 75.5 Å². The summed E-state index contributed by atoms with van der Waals surface area (Å²) >= 11 is 1.92. The smallest absolute Gasteiger partial charge is 0.315 e. The largest absolute Gasteiger partial charge is 0.369 e. The van der Waals surface area contributed by atoms with Crippen molar-refractivity contribution in [2.45, 2.75) is 75.6 Å². The lowest BCUT2D eigenvalue weighted by molar-refractivity contribution is -0.121. The predicted octanol–water partition coefficient (Wildman–Crippen LogP) is 4.81. The fraction of sp³-hybridized carbons (Fsp3) is 0.486. The number of hydrogen-bond acceptors (Lipinski definition) is 8. The van der Waals surface area contributed by atoms with Gasteiger partial charge in [-0.2, -0.15) is 11.8 Å². The summed E-state index contributed by atoms with van der Waals surface area (Å²) in [7, 11) is 2.12. The Morgan fingerprint density at radius 1 is 1.00 bits per heavy atom. The van der Waals surface area contributed by atoms with Crippen LogP contribution in [0.3, 0.4) is 0 Å². The van der Waals surface area contributed by atoms with E-state index in [1.54, 1.807) is 6.92 Å². The maximum Gasteiger partial charge on any atom is 0.315 e. The number of Topliss-reactive ketones (excluding diaryl/α,β-unsaturated/α-hetero) is 1. The standard InChI is InChI=1S/C37H47N7O3S/c1-24(45)26-14-15-28-27(21-26)22-29-34(28)36(42-32(40-29)20-25-10-4-3-5-11-25)39-17-9-19-44(2)18-8-16-38-33(46)13-7-6-12-31-35-30(23-48-31)41-37(47)43-35/h3-5,10-11,14-15,21,30-31,35H,6-9,12-13,16-20,22-23H2,1-2H3,(H,38,46)(H,39,40,42)(H2,41,43,47)/t30-,31-,35-/m0/s1. The molecular formula is C37H47N7O3S. The number of carbonyl (C=O) groups excluding carboxylic acids is 3. The van der Waals surface area contributed by atoms with Crippen LogP contribution in [0.4, 0.5) is 10.6 Å². The van der Waals surface area contributed by atoms with Crippen LogP contribution in [0.2, 0.25) is 0 Å². The number of hydrogen-bond donors (Lipinski definition) is 4. The minimum Gasteiger partial charge on any atom is -0.369 e. The zero-order valence-electron chi connectivity index (χ0n) is 28.0. The van der Waals surface area contributed by atoms with Crippen molar-refractivity contribution in [3.63, 3.8) is 0 Å². The van der Waals surface area contributed by atoms with Crippen LogP contribution in [0.1, 0.15) is 78.5 Å². The van der Waals surface area contributed by atoms with E-state index < -0.39 is 0 Å². The SMILES string of the molecule is CC(=O)c1ccc2c(c1)Cc1nc(Cc3ccccc3)nc(NCCCN(C)CCCNC(=O)CCCC[C@@H]3SC[C@@H]4NC(=O)N[C@@H]43)c1-2. The summed E-state index contributed by atoms with van der Waals surface area (Å²) in [5, 5.41) is 13.2. The van der Waals surface area contributed by atoms with Crippen molar-refractivity contribution in [2.24, 2.45) is 0 Å². The van der Waals surface area contributed by atoms with E-state index in [0.29, 0.717) is 31.1 Å². The Kier molecular flexibility index (Phi) is 11.3. The Balaban J connectivity index is 0.915. The lowest BCUT2D eigenvalue weighted by Crippen LogP contribution is -2.36. The second kappa shape index (κ2) is 16.0. The lowest BCUT2D eigenvalue weighted by Gasteiger charge is -2.18. The first-order valence-corrected chi connectivity index (χ1v) is 18.3. The van der Waals surface area contributed by atoms with Gasteiger partial charge in [-0.25, -0.2) is 14.8 Å². The number of urea groups is 1. The molecule has 48 heavy (non-hydrogen) atoms. The van der Waals surface area contributed by atoms with Gasteiger partial charge >= 0.3 is 6.03 Å². The van der Waals surface area contributed by atoms with Crippen molar-refractivity contribution in [1.29, 1.82) is 0 Å². The molecule has 1 aliphatic carbocycles. The van der Waals surface area contributed by atoms with Gasteiger partial charge in [-0.15, -0.1) is 0 Å². The third kappa shape index (κ3) is 8.54. The van der Waals surface area contributed by atoms with Crippen LogP contribution in [0, 0.1) is 0 Å². The highest BCUT2D eigenvalue weighted by Crippen LogP contribution is 2.40. The highest BCUT2D eigenvalue weighted by Gasteiger charge is 2.42. The van der Waals surface area contributed by atoms with Gasteiger partial charge in [0.1, 0.15) is 11.6 Å². The van der Waals surface area contributed by atoms with Crippen molar-refractivity contribution in [3.05, 3.63) is 76.7 Å². The Morgan fingerprint density at radius 3 is 2.62 bits per heavy atom. The van der Waals surface area contributed by atoms with Crippen LogP contribution < -0.4 is 21.3 Å². The molecule has 3 aromatic rings. The van der Waals surface area contributed by atoms with E-state index >= 15 is 0 Å². The summed E-state index contributed by atoms with van der Waals surface area (Å²) in [5.74, 6) is 2.82.